The number of nitrogens with one attached hydrogen (secondary N) is 1. The van der Waals surface area contributed by atoms with Crippen molar-refractivity contribution >= 4 is 0 Å². The van der Waals surface area contributed by atoms with Gasteiger partial charge in [0.1, 0.15) is 5.75 Å². The van der Waals surface area contributed by atoms with E-state index in [9.17, 15) is 0 Å². The van der Waals surface area contributed by atoms with Gasteiger partial charge in [-0.15, -0.1) is 12.3 Å². The van der Waals surface area contributed by atoms with Crippen LogP contribution in [0, 0.1) is 19.3 Å². The van der Waals surface area contributed by atoms with Gasteiger partial charge in [-0.05, 0) is 38.9 Å². The van der Waals surface area contributed by atoms with Gasteiger partial charge in [-0.25, -0.2) is 0 Å². The minimum absolute atomic E-state index is 0.290. The van der Waals surface area contributed by atoms with E-state index in [-0.39, 0.29) is 0 Å². The van der Waals surface area contributed by atoms with Crippen LogP contribution in [0.3, 0.4) is 0 Å². The van der Waals surface area contributed by atoms with E-state index in [0.717, 1.165) is 18.6 Å². The predicted molar refractivity (Wildman–Crippen MR) is 72.2 cm³/mol. The second-order valence-electron chi connectivity index (χ2n) is 4.21. The summed E-state index contributed by atoms with van der Waals surface area (Å²) in [6.07, 6.45) is 6.88. The van der Waals surface area contributed by atoms with Crippen LogP contribution in [0.15, 0.2) is 18.2 Å². The Kier molecular flexibility index (Phi) is 5.59. The number of hydrogen-bond acceptors (Lipinski definition) is 2. The van der Waals surface area contributed by atoms with Crippen LogP contribution in [0.5, 0.6) is 5.75 Å². The van der Waals surface area contributed by atoms with Crippen molar-refractivity contribution in [1.29, 1.82) is 0 Å². The van der Waals surface area contributed by atoms with Gasteiger partial charge in [0.2, 0.25) is 0 Å². The topological polar surface area (TPSA) is 21.3 Å². The molecule has 0 amide bonds. The van der Waals surface area contributed by atoms with E-state index in [1.54, 1.807) is 0 Å². The number of unbranched alkanes of at least 4 members (excludes halogenated alkanes) is 1. The maximum Gasteiger partial charge on any atom is 0.124 e. The summed E-state index contributed by atoms with van der Waals surface area (Å²) in [7, 11) is 1.95. The van der Waals surface area contributed by atoms with E-state index in [4.69, 9.17) is 11.2 Å². The zero-order chi connectivity index (χ0) is 12.7. The van der Waals surface area contributed by atoms with E-state index in [1.165, 1.54) is 11.1 Å². The highest BCUT2D eigenvalue weighted by Crippen LogP contribution is 2.26. The van der Waals surface area contributed by atoms with Crippen molar-refractivity contribution in [2.45, 2.75) is 32.7 Å². The van der Waals surface area contributed by atoms with Crippen LogP contribution in [0.4, 0.5) is 0 Å². The van der Waals surface area contributed by atoms with E-state index in [2.05, 4.69) is 43.3 Å². The van der Waals surface area contributed by atoms with Crippen molar-refractivity contribution in [2.75, 3.05) is 13.7 Å². The van der Waals surface area contributed by atoms with Gasteiger partial charge in [-0.3, -0.25) is 0 Å². The Morgan fingerprint density at radius 2 is 2.24 bits per heavy atom. The summed E-state index contributed by atoms with van der Waals surface area (Å²) in [5.41, 5.74) is 2.41. The first kappa shape index (κ1) is 13.6. The van der Waals surface area contributed by atoms with Gasteiger partial charge in [-0.2, -0.15) is 0 Å². The van der Waals surface area contributed by atoms with Crippen molar-refractivity contribution < 1.29 is 4.74 Å². The summed E-state index contributed by atoms with van der Waals surface area (Å²) in [5.74, 6) is 3.58. The monoisotopic (exact) mass is 231 g/mol. The van der Waals surface area contributed by atoms with Crippen LogP contribution in [-0.2, 0) is 0 Å². The van der Waals surface area contributed by atoms with Gasteiger partial charge in [0.25, 0.3) is 0 Å². The molecule has 2 nitrogen and oxygen atoms in total. The molecule has 17 heavy (non-hydrogen) atoms. The highest BCUT2D eigenvalue weighted by Gasteiger charge is 2.09. The summed E-state index contributed by atoms with van der Waals surface area (Å²) < 4.78 is 5.81. The van der Waals surface area contributed by atoms with Gasteiger partial charge in [-0.1, -0.05) is 12.1 Å². The first-order valence-electron chi connectivity index (χ1n) is 6.03. The Balaban J connectivity index is 2.74. The van der Waals surface area contributed by atoms with Crippen LogP contribution in [-0.4, -0.2) is 13.7 Å². The molecule has 1 N–H and O–H groups in total. The Bertz CT molecular complexity index is 392. The van der Waals surface area contributed by atoms with Crippen LogP contribution in [0.25, 0.3) is 0 Å². The third-order valence-electron chi connectivity index (χ3n) is 2.79. The average molecular weight is 231 g/mol. The molecule has 0 saturated heterocycles. The summed E-state index contributed by atoms with van der Waals surface area (Å²) in [6, 6.07) is 6.60. The van der Waals surface area contributed by atoms with Crippen molar-refractivity contribution in [3.63, 3.8) is 0 Å². The minimum Gasteiger partial charge on any atom is -0.493 e. The van der Waals surface area contributed by atoms with Crippen LogP contribution < -0.4 is 10.1 Å². The minimum atomic E-state index is 0.290. The first-order chi connectivity index (χ1) is 8.19. The SMILES string of the molecule is C#CCCCOc1cc(C)ccc1C(C)NC. The Morgan fingerprint density at radius 3 is 2.88 bits per heavy atom. The number of terminal acetylenes is 1. The summed E-state index contributed by atoms with van der Waals surface area (Å²) >= 11 is 0. The number of benzene rings is 1. The van der Waals surface area contributed by atoms with E-state index < -0.39 is 0 Å². The highest BCUT2D eigenvalue weighted by molar-refractivity contribution is 5.39. The van der Waals surface area contributed by atoms with E-state index >= 15 is 0 Å². The van der Waals surface area contributed by atoms with Gasteiger partial charge in [0.05, 0.1) is 6.61 Å². The summed E-state index contributed by atoms with van der Waals surface area (Å²) in [5, 5.41) is 3.23. The molecule has 0 heterocycles. The summed E-state index contributed by atoms with van der Waals surface area (Å²) in [4.78, 5) is 0. The van der Waals surface area contributed by atoms with Gasteiger partial charge in [0.15, 0.2) is 0 Å². The molecule has 1 aromatic carbocycles. The largest absolute Gasteiger partial charge is 0.493 e. The number of hydrogen-bond donors (Lipinski definition) is 1. The predicted octanol–water partition coefficient (Wildman–Crippen LogP) is 3.07. The lowest BCUT2D eigenvalue weighted by atomic mass is 10.1. The molecule has 0 bridgehead atoms. The Morgan fingerprint density at radius 1 is 1.47 bits per heavy atom. The number of rotatable bonds is 6. The molecule has 2 heteroatoms. The van der Waals surface area contributed by atoms with Gasteiger partial charge >= 0.3 is 0 Å². The van der Waals surface area contributed by atoms with Crippen LogP contribution in [0.2, 0.25) is 0 Å². The molecule has 1 unspecified atom stereocenters. The molecule has 0 aliphatic heterocycles. The normalized spacial score (nSPS) is 11.9. The highest BCUT2D eigenvalue weighted by atomic mass is 16.5. The molecular weight excluding hydrogens is 210 g/mol. The van der Waals surface area contributed by atoms with E-state index in [0.29, 0.717) is 12.6 Å². The lowest BCUT2D eigenvalue weighted by Gasteiger charge is -2.17. The molecule has 92 valence electrons. The molecule has 1 rings (SSSR count). The van der Waals surface area contributed by atoms with E-state index in [1.807, 2.05) is 7.05 Å². The molecule has 1 atom stereocenters. The molecule has 0 aliphatic carbocycles. The molecular formula is C15H21NO. The van der Waals surface area contributed by atoms with Crippen molar-refractivity contribution in [1.82, 2.24) is 5.32 Å². The van der Waals surface area contributed by atoms with Crippen molar-refractivity contribution in [2.24, 2.45) is 0 Å². The maximum absolute atomic E-state index is 5.81. The smallest absolute Gasteiger partial charge is 0.124 e. The quantitative estimate of drug-likeness (QED) is 0.600. The zero-order valence-corrected chi connectivity index (χ0v) is 10.9. The van der Waals surface area contributed by atoms with Crippen LogP contribution >= 0.6 is 0 Å². The average Bonchev–Trinajstić information content (AvgIpc) is 2.34. The van der Waals surface area contributed by atoms with Gasteiger partial charge < -0.3 is 10.1 Å². The molecule has 1 aromatic rings. The number of aryl methyl sites for hydroxylation is 1. The molecule has 0 aliphatic rings. The van der Waals surface area contributed by atoms with Gasteiger partial charge in [0, 0.05) is 18.0 Å². The summed E-state index contributed by atoms with van der Waals surface area (Å²) in [6.45, 7) is 4.87. The maximum atomic E-state index is 5.81. The first-order valence-corrected chi connectivity index (χ1v) is 6.03. The lowest BCUT2D eigenvalue weighted by molar-refractivity contribution is 0.307. The molecule has 0 fully saturated rings. The van der Waals surface area contributed by atoms with Crippen molar-refractivity contribution in [3.05, 3.63) is 29.3 Å². The Hall–Kier alpha value is -1.46. The fourth-order valence-electron chi connectivity index (χ4n) is 1.64. The van der Waals surface area contributed by atoms with Crippen molar-refractivity contribution in [3.8, 4) is 18.1 Å². The molecule has 0 aromatic heterocycles. The standard InChI is InChI=1S/C15H21NO/c1-5-6-7-10-17-15-11-12(2)8-9-14(15)13(3)16-4/h1,8-9,11,13,16H,6-7,10H2,2-4H3. The second-order valence-corrected chi connectivity index (χ2v) is 4.21. The lowest BCUT2D eigenvalue weighted by Crippen LogP contribution is -2.14. The third kappa shape index (κ3) is 4.13. The number of ether oxygens (including phenoxy) is 1. The van der Waals surface area contributed by atoms with Crippen LogP contribution in [0.1, 0.15) is 36.9 Å². The fraction of sp³-hybridized carbons (Fsp3) is 0.467. The molecule has 0 spiro atoms. The third-order valence-corrected chi connectivity index (χ3v) is 2.79. The zero-order valence-electron chi connectivity index (χ0n) is 10.9. The Labute approximate surface area is 104 Å². The fourth-order valence-corrected chi connectivity index (χ4v) is 1.64. The molecule has 0 saturated carbocycles. The second kappa shape index (κ2) is 6.98. The molecule has 0 radical (unpaired) electrons.